The van der Waals surface area contributed by atoms with E-state index in [1.165, 1.54) is 115 Å². The number of unbranched alkanes of at least 4 members (excludes halogenated alkanes) is 15. The van der Waals surface area contributed by atoms with Crippen molar-refractivity contribution >= 4 is 0 Å². The highest BCUT2D eigenvalue weighted by Gasteiger charge is 2.19. The Kier molecular flexibility index (Phi) is 15.4. The van der Waals surface area contributed by atoms with Gasteiger partial charge in [-0.05, 0) is 20.3 Å². The van der Waals surface area contributed by atoms with Crippen LogP contribution in [0.3, 0.4) is 0 Å². The molecule has 0 saturated heterocycles. The van der Waals surface area contributed by atoms with E-state index in [2.05, 4.69) is 49.6 Å². The first-order valence-corrected chi connectivity index (χ1v) is 12.7. The number of nitrogens with zero attached hydrogens (tertiary/aromatic N) is 1. The van der Waals surface area contributed by atoms with Crippen LogP contribution in [-0.2, 0) is 0 Å². The summed E-state index contributed by atoms with van der Waals surface area (Å²) in [4.78, 5) is 3.45. The Labute approximate surface area is 176 Å². The second kappa shape index (κ2) is 17.1. The van der Waals surface area contributed by atoms with Crippen LogP contribution in [0.5, 0.6) is 0 Å². The lowest BCUT2D eigenvalue weighted by atomic mass is 10.00. The van der Waals surface area contributed by atoms with Crippen molar-refractivity contribution < 1.29 is 4.57 Å². The van der Waals surface area contributed by atoms with Crippen LogP contribution in [0.4, 0.5) is 0 Å². The monoisotopic (exact) mass is 391 g/mol. The molecule has 0 saturated carbocycles. The van der Waals surface area contributed by atoms with Crippen LogP contribution in [0, 0.1) is 0 Å². The van der Waals surface area contributed by atoms with Gasteiger partial charge in [-0.25, -0.2) is 9.55 Å². The molecule has 1 heterocycles. The third-order valence-corrected chi connectivity index (χ3v) is 6.26. The average molecular weight is 392 g/mol. The number of nitrogens with one attached hydrogen (secondary N) is 1. The summed E-state index contributed by atoms with van der Waals surface area (Å²) in [5.74, 6) is 2.04. The number of rotatable bonds is 19. The Bertz CT molecular complexity index is 449. The standard InChI is InChI=1S/C26H50N2/c1-5-6-7-8-9-10-11-12-13-14-15-16-17-18-19-20-21-25(4)26-27-22-23-28(26)24(2)3/h22-25H,5-21H2,1-4H3/p+1/t25-/m0/s1. The van der Waals surface area contributed by atoms with Crippen molar-refractivity contribution in [1.29, 1.82) is 0 Å². The van der Waals surface area contributed by atoms with Crippen LogP contribution >= 0.6 is 0 Å². The van der Waals surface area contributed by atoms with Crippen LogP contribution in [0.25, 0.3) is 0 Å². The lowest BCUT2D eigenvalue weighted by molar-refractivity contribution is -0.723. The summed E-state index contributed by atoms with van der Waals surface area (Å²) < 4.78 is 2.39. The van der Waals surface area contributed by atoms with Crippen LogP contribution in [-0.4, -0.2) is 4.98 Å². The van der Waals surface area contributed by atoms with E-state index in [1.807, 2.05) is 0 Å². The molecule has 0 fully saturated rings. The van der Waals surface area contributed by atoms with E-state index in [0.717, 1.165) is 0 Å². The molecule has 2 heteroatoms. The molecule has 1 rings (SSSR count). The molecule has 0 aliphatic rings. The largest absolute Gasteiger partial charge is 0.257 e. The fraction of sp³-hybridized carbons (Fsp3) is 0.885. The molecular weight excluding hydrogens is 340 g/mol. The zero-order valence-corrected chi connectivity index (χ0v) is 19.8. The number of H-pyrrole nitrogens is 1. The second-order valence-corrected chi connectivity index (χ2v) is 9.34. The van der Waals surface area contributed by atoms with Crippen molar-refractivity contribution in [2.24, 2.45) is 0 Å². The maximum absolute atomic E-state index is 3.45. The summed E-state index contributed by atoms with van der Waals surface area (Å²) >= 11 is 0. The second-order valence-electron chi connectivity index (χ2n) is 9.34. The fourth-order valence-corrected chi connectivity index (χ4v) is 4.34. The van der Waals surface area contributed by atoms with Crippen LogP contribution in [0.1, 0.15) is 155 Å². The van der Waals surface area contributed by atoms with E-state index in [0.29, 0.717) is 12.0 Å². The molecule has 2 nitrogen and oxygen atoms in total. The summed E-state index contributed by atoms with van der Waals surface area (Å²) in [7, 11) is 0. The van der Waals surface area contributed by atoms with Crippen LogP contribution in [0.15, 0.2) is 12.4 Å². The van der Waals surface area contributed by atoms with E-state index in [1.54, 1.807) is 0 Å². The summed E-state index contributed by atoms with van der Waals surface area (Å²) in [5.41, 5.74) is 0. The maximum atomic E-state index is 3.45. The minimum absolute atomic E-state index is 0.550. The van der Waals surface area contributed by atoms with E-state index in [-0.39, 0.29) is 0 Å². The van der Waals surface area contributed by atoms with Crippen LogP contribution < -0.4 is 4.57 Å². The Hall–Kier alpha value is -0.790. The van der Waals surface area contributed by atoms with Gasteiger partial charge in [-0.15, -0.1) is 0 Å². The van der Waals surface area contributed by atoms with Crippen LogP contribution in [0.2, 0.25) is 0 Å². The van der Waals surface area contributed by atoms with Crippen molar-refractivity contribution in [3.63, 3.8) is 0 Å². The molecule has 0 aromatic carbocycles. The van der Waals surface area contributed by atoms with E-state index >= 15 is 0 Å². The van der Waals surface area contributed by atoms with E-state index in [4.69, 9.17) is 0 Å². The molecule has 164 valence electrons. The highest BCUT2D eigenvalue weighted by atomic mass is 15.1. The quantitative estimate of drug-likeness (QED) is 0.180. The molecule has 0 unspecified atom stereocenters. The Balaban J connectivity index is 1.85. The number of aromatic nitrogens is 2. The molecular formula is C26H51N2+. The highest BCUT2D eigenvalue weighted by Crippen LogP contribution is 2.20. The molecule has 0 bridgehead atoms. The molecule has 1 atom stereocenters. The highest BCUT2D eigenvalue weighted by molar-refractivity contribution is 4.87. The third-order valence-electron chi connectivity index (χ3n) is 6.26. The van der Waals surface area contributed by atoms with Gasteiger partial charge in [0.25, 0.3) is 5.82 Å². The minimum atomic E-state index is 0.550. The zero-order chi connectivity index (χ0) is 20.5. The lowest BCUT2D eigenvalue weighted by Gasteiger charge is -2.10. The predicted octanol–water partition coefficient (Wildman–Crippen LogP) is 8.64. The molecule has 28 heavy (non-hydrogen) atoms. The number of hydrogen-bond donors (Lipinski definition) is 1. The molecule has 0 aliphatic carbocycles. The number of imidazole rings is 1. The SMILES string of the molecule is CCCCCCCCCCCCCCCCCC[C@H](C)c1[nH]cc[n+]1C(C)C. The molecule has 0 spiro atoms. The summed E-state index contributed by atoms with van der Waals surface area (Å²) in [5, 5.41) is 0. The van der Waals surface area contributed by atoms with Gasteiger partial charge in [0, 0.05) is 0 Å². The molecule has 0 aliphatic heterocycles. The van der Waals surface area contributed by atoms with Gasteiger partial charge in [-0.3, -0.25) is 0 Å². The third kappa shape index (κ3) is 11.9. The first kappa shape index (κ1) is 25.2. The van der Waals surface area contributed by atoms with E-state index in [9.17, 15) is 0 Å². The van der Waals surface area contributed by atoms with Gasteiger partial charge >= 0.3 is 0 Å². The maximum Gasteiger partial charge on any atom is 0.257 e. The van der Waals surface area contributed by atoms with Crippen molar-refractivity contribution in [3.05, 3.63) is 18.2 Å². The molecule has 0 radical (unpaired) electrons. The minimum Gasteiger partial charge on any atom is -0.247 e. The van der Waals surface area contributed by atoms with Crippen molar-refractivity contribution in [3.8, 4) is 0 Å². The Morgan fingerprint density at radius 3 is 1.54 bits per heavy atom. The molecule has 0 amide bonds. The zero-order valence-electron chi connectivity index (χ0n) is 19.8. The summed E-state index contributed by atoms with van der Waals surface area (Å²) in [6, 6.07) is 0.550. The predicted molar refractivity (Wildman–Crippen MR) is 124 cm³/mol. The Morgan fingerprint density at radius 2 is 1.11 bits per heavy atom. The first-order valence-electron chi connectivity index (χ1n) is 12.7. The van der Waals surface area contributed by atoms with Gasteiger partial charge < -0.3 is 0 Å². The van der Waals surface area contributed by atoms with Crippen molar-refractivity contribution in [2.75, 3.05) is 0 Å². The fourth-order valence-electron chi connectivity index (χ4n) is 4.34. The van der Waals surface area contributed by atoms with Crippen molar-refractivity contribution in [1.82, 2.24) is 4.98 Å². The molecule has 1 aromatic heterocycles. The smallest absolute Gasteiger partial charge is 0.247 e. The number of hydrogen-bond acceptors (Lipinski definition) is 0. The number of aromatic amines is 1. The van der Waals surface area contributed by atoms with Gasteiger partial charge in [0.1, 0.15) is 12.4 Å². The van der Waals surface area contributed by atoms with Gasteiger partial charge in [0.15, 0.2) is 0 Å². The summed E-state index contributed by atoms with van der Waals surface area (Å²) in [6.45, 7) is 9.19. The Morgan fingerprint density at radius 1 is 0.679 bits per heavy atom. The van der Waals surface area contributed by atoms with Gasteiger partial charge in [0.05, 0.1) is 12.0 Å². The molecule has 1 N–H and O–H groups in total. The first-order chi connectivity index (χ1) is 13.7. The normalized spacial score (nSPS) is 12.8. The summed E-state index contributed by atoms with van der Waals surface area (Å²) in [6.07, 6.45) is 28.7. The molecule has 1 aromatic rings. The topological polar surface area (TPSA) is 19.7 Å². The van der Waals surface area contributed by atoms with E-state index < -0.39 is 0 Å². The lowest BCUT2D eigenvalue weighted by Crippen LogP contribution is -2.39. The van der Waals surface area contributed by atoms with Gasteiger partial charge in [-0.1, -0.05) is 117 Å². The van der Waals surface area contributed by atoms with Gasteiger partial charge in [0.2, 0.25) is 0 Å². The van der Waals surface area contributed by atoms with Gasteiger partial charge in [-0.2, -0.15) is 0 Å². The average Bonchev–Trinajstić information content (AvgIpc) is 3.18. The van der Waals surface area contributed by atoms with Crippen molar-refractivity contribution in [2.45, 2.75) is 149 Å².